The highest BCUT2D eigenvalue weighted by atomic mass is 32.1. The second kappa shape index (κ2) is 8.53. The number of nitrogens with one attached hydrogen (secondary N) is 1. The lowest BCUT2D eigenvalue weighted by Gasteiger charge is -2.18. The van der Waals surface area contributed by atoms with E-state index in [0.29, 0.717) is 17.1 Å². The van der Waals surface area contributed by atoms with E-state index in [9.17, 15) is 9.59 Å². The molecule has 0 spiro atoms. The molecule has 1 heterocycles. The van der Waals surface area contributed by atoms with Crippen LogP contribution >= 0.6 is 12.8 Å². The SMILES string of the molecule is CN(C)c1cccc(NC(=O)N(S)c2ccc(OC(=O)c3ccco3)cc2)c1. The molecule has 3 aromatic rings. The van der Waals surface area contributed by atoms with Crippen molar-refractivity contribution in [2.75, 3.05) is 28.6 Å². The van der Waals surface area contributed by atoms with Crippen LogP contribution in [0.25, 0.3) is 0 Å². The average molecular weight is 397 g/mol. The molecule has 0 fully saturated rings. The molecular weight excluding hydrogens is 378 g/mol. The third-order valence-corrected chi connectivity index (χ3v) is 4.23. The predicted octanol–water partition coefficient (Wildman–Crippen LogP) is 4.45. The lowest BCUT2D eigenvalue weighted by molar-refractivity contribution is 0.0701. The number of rotatable bonds is 5. The number of amides is 2. The molecule has 1 N–H and O–H groups in total. The zero-order valence-corrected chi connectivity index (χ0v) is 16.2. The van der Waals surface area contributed by atoms with Gasteiger partial charge in [0.15, 0.2) is 0 Å². The molecule has 2 amide bonds. The Morgan fingerprint density at radius 3 is 2.39 bits per heavy atom. The zero-order chi connectivity index (χ0) is 20.1. The van der Waals surface area contributed by atoms with Crippen LogP contribution in [0.5, 0.6) is 5.75 Å². The number of furan rings is 1. The summed E-state index contributed by atoms with van der Waals surface area (Å²) >= 11 is 4.25. The first-order valence-electron chi connectivity index (χ1n) is 8.37. The van der Waals surface area contributed by atoms with Gasteiger partial charge in [0.05, 0.1) is 12.0 Å². The van der Waals surface area contributed by atoms with Gasteiger partial charge in [-0.1, -0.05) is 18.9 Å². The fraction of sp³-hybridized carbons (Fsp3) is 0.100. The summed E-state index contributed by atoms with van der Waals surface area (Å²) < 4.78 is 11.4. The van der Waals surface area contributed by atoms with E-state index < -0.39 is 12.0 Å². The van der Waals surface area contributed by atoms with E-state index in [0.717, 1.165) is 5.69 Å². The zero-order valence-electron chi connectivity index (χ0n) is 15.3. The molecule has 0 aliphatic carbocycles. The number of nitrogens with zero attached hydrogens (tertiary/aromatic N) is 2. The number of hydrogen-bond donors (Lipinski definition) is 2. The number of ether oxygens (including phenoxy) is 1. The molecule has 3 rings (SSSR count). The standard InChI is InChI=1S/C20H19N3O4S/c1-22(2)16-6-3-5-14(13-16)21-20(25)23(28)15-8-10-17(11-9-15)27-19(24)18-7-4-12-26-18/h3-13,28H,1-2H3,(H,21,25). The Morgan fingerprint density at radius 2 is 1.75 bits per heavy atom. The Bertz CT molecular complexity index is 956. The maximum Gasteiger partial charge on any atom is 0.379 e. The fourth-order valence-electron chi connectivity index (χ4n) is 2.36. The minimum Gasteiger partial charge on any atom is -0.457 e. The third-order valence-electron chi connectivity index (χ3n) is 3.82. The van der Waals surface area contributed by atoms with Gasteiger partial charge in [0.1, 0.15) is 5.75 Å². The first-order chi connectivity index (χ1) is 13.4. The minimum absolute atomic E-state index is 0.110. The van der Waals surface area contributed by atoms with Crippen molar-refractivity contribution in [1.29, 1.82) is 0 Å². The molecule has 0 saturated heterocycles. The third kappa shape index (κ3) is 4.66. The van der Waals surface area contributed by atoms with Crippen LogP contribution in [0.15, 0.2) is 71.3 Å². The summed E-state index contributed by atoms with van der Waals surface area (Å²) in [5, 5.41) is 2.79. The molecular formula is C20H19N3O4S. The predicted molar refractivity (Wildman–Crippen MR) is 111 cm³/mol. The number of benzene rings is 2. The van der Waals surface area contributed by atoms with E-state index in [4.69, 9.17) is 9.15 Å². The number of carbonyl (C=O) groups is 2. The number of urea groups is 1. The molecule has 0 unspecified atom stereocenters. The van der Waals surface area contributed by atoms with Crippen LogP contribution in [0.3, 0.4) is 0 Å². The second-order valence-electron chi connectivity index (χ2n) is 6.05. The van der Waals surface area contributed by atoms with Gasteiger partial charge >= 0.3 is 12.0 Å². The van der Waals surface area contributed by atoms with E-state index in [1.807, 2.05) is 37.2 Å². The van der Waals surface area contributed by atoms with Gasteiger partial charge in [-0.2, -0.15) is 0 Å². The van der Waals surface area contributed by atoms with Gasteiger partial charge in [0.25, 0.3) is 0 Å². The normalized spacial score (nSPS) is 10.2. The van der Waals surface area contributed by atoms with Gasteiger partial charge < -0.3 is 19.4 Å². The lowest BCUT2D eigenvalue weighted by Crippen LogP contribution is -2.26. The lowest BCUT2D eigenvalue weighted by atomic mass is 10.2. The summed E-state index contributed by atoms with van der Waals surface area (Å²) in [4.78, 5) is 26.3. The molecule has 2 aromatic carbocycles. The number of carbonyl (C=O) groups excluding carboxylic acids is 2. The number of hydrogen-bond acceptors (Lipinski definition) is 6. The molecule has 0 radical (unpaired) electrons. The van der Waals surface area contributed by atoms with Crippen molar-refractivity contribution in [2.24, 2.45) is 0 Å². The molecule has 144 valence electrons. The van der Waals surface area contributed by atoms with Crippen molar-refractivity contribution in [1.82, 2.24) is 0 Å². The van der Waals surface area contributed by atoms with E-state index >= 15 is 0 Å². The summed E-state index contributed by atoms with van der Waals surface area (Å²) in [6.07, 6.45) is 1.39. The number of anilines is 3. The smallest absolute Gasteiger partial charge is 0.379 e. The largest absolute Gasteiger partial charge is 0.457 e. The quantitative estimate of drug-likeness (QED) is 0.378. The van der Waals surface area contributed by atoms with Crippen molar-refractivity contribution in [3.8, 4) is 5.75 Å². The van der Waals surface area contributed by atoms with Crippen LogP contribution in [-0.4, -0.2) is 26.1 Å². The Balaban J connectivity index is 1.63. The van der Waals surface area contributed by atoms with Crippen LogP contribution in [-0.2, 0) is 0 Å². The van der Waals surface area contributed by atoms with Crippen LogP contribution in [0.4, 0.5) is 21.9 Å². The van der Waals surface area contributed by atoms with Gasteiger partial charge in [-0.25, -0.2) is 13.9 Å². The summed E-state index contributed by atoms with van der Waals surface area (Å²) in [7, 11) is 3.85. The summed E-state index contributed by atoms with van der Waals surface area (Å²) in [6.45, 7) is 0. The van der Waals surface area contributed by atoms with Gasteiger partial charge in [-0.05, 0) is 54.6 Å². The maximum atomic E-state index is 12.4. The minimum atomic E-state index is -0.598. The molecule has 0 bridgehead atoms. The van der Waals surface area contributed by atoms with E-state index in [1.165, 1.54) is 16.6 Å². The van der Waals surface area contributed by atoms with Crippen molar-refractivity contribution < 1.29 is 18.7 Å². The molecule has 7 nitrogen and oxygen atoms in total. The molecule has 0 aliphatic rings. The van der Waals surface area contributed by atoms with Gasteiger partial charge in [0.2, 0.25) is 5.76 Å². The highest BCUT2D eigenvalue weighted by molar-refractivity contribution is 7.82. The maximum absolute atomic E-state index is 12.4. The first kappa shape index (κ1) is 19.4. The topological polar surface area (TPSA) is 75.0 Å². The number of thiol groups is 1. The van der Waals surface area contributed by atoms with Crippen molar-refractivity contribution in [3.05, 3.63) is 72.7 Å². The van der Waals surface area contributed by atoms with Crippen LogP contribution in [0, 0.1) is 0 Å². The van der Waals surface area contributed by atoms with Gasteiger partial charge in [-0.3, -0.25) is 0 Å². The Labute approximate surface area is 168 Å². The Hall–Kier alpha value is -3.39. The Kier molecular flexibility index (Phi) is 5.90. The molecule has 8 heteroatoms. The van der Waals surface area contributed by atoms with E-state index in [1.54, 1.807) is 36.4 Å². The van der Waals surface area contributed by atoms with E-state index in [-0.39, 0.29) is 5.76 Å². The molecule has 0 saturated carbocycles. The van der Waals surface area contributed by atoms with Gasteiger partial charge in [0, 0.05) is 25.5 Å². The highest BCUT2D eigenvalue weighted by Crippen LogP contribution is 2.23. The summed E-state index contributed by atoms with van der Waals surface area (Å²) in [5.41, 5.74) is 2.13. The summed E-state index contributed by atoms with van der Waals surface area (Å²) in [6, 6.07) is 16.5. The molecule has 0 aliphatic heterocycles. The highest BCUT2D eigenvalue weighted by Gasteiger charge is 2.15. The fourth-order valence-corrected chi connectivity index (χ4v) is 2.55. The number of esters is 1. The van der Waals surface area contributed by atoms with E-state index in [2.05, 4.69) is 18.1 Å². The monoisotopic (exact) mass is 397 g/mol. The van der Waals surface area contributed by atoms with Crippen molar-refractivity contribution >= 4 is 41.9 Å². The molecule has 28 heavy (non-hydrogen) atoms. The van der Waals surface area contributed by atoms with Crippen LogP contribution in [0.2, 0.25) is 0 Å². The molecule has 0 atom stereocenters. The average Bonchev–Trinajstić information content (AvgIpc) is 3.23. The van der Waals surface area contributed by atoms with Crippen LogP contribution in [0.1, 0.15) is 10.6 Å². The second-order valence-corrected chi connectivity index (χ2v) is 6.45. The van der Waals surface area contributed by atoms with Crippen molar-refractivity contribution in [3.63, 3.8) is 0 Å². The first-order valence-corrected chi connectivity index (χ1v) is 8.77. The van der Waals surface area contributed by atoms with Crippen LogP contribution < -0.4 is 19.3 Å². The molecule has 1 aromatic heterocycles. The van der Waals surface area contributed by atoms with Crippen molar-refractivity contribution in [2.45, 2.75) is 0 Å². The van der Waals surface area contributed by atoms with Gasteiger partial charge in [-0.15, -0.1) is 0 Å². The summed E-state index contributed by atoms with van der Waals surface area (Å²) in [5.74, 6) is -0.163. The Morgan fingerprint density at radius 1 is 1.00 bits per heavy atom.